The summed E-state index contributed by atoms with van der Waals surface area (Å²) in [5, 5.41) is 23.3. The Morgan fingerprint density at radius 1 is 1.24 bits per heavy atom. The molecule has 3 aromatic rings. The average molecular weight is 590 g/mol. The molecule has 1 aromatic heterocycles. The van der Waals surface area contributed by atoms with E-state index in [4.69, 9.17) is 4.74 Å². The van der Waals surface area contributed by atoms with Crippen molar-refractivity contribution in [3.8, 4) is 5.75 Å². The first-order valence-electron chi connectivity index (χ1n) is 13.5. The second-order valence-electron chi connectivity index (χ2n) is 10.7. The van der Waals surface area contributed by atoms with Gasteiger partial charge in [-0.25, -0.2) is 4.68 Å². The van der Waals surface area contributed by atoms with Crippen LogP contribution in [0, 0.1) is 5.92 Å². The number of anilines is 1. The summed E-state index contributed by atoms with van der Waals surface area (Å²) >= 11 is 0. The van der Waals surface area contributed by atoms with E-state index in [9.17, 15) is 27.9 Å². The van der Waals surface area contributed by atoms with Crippen LogP contribution < -0.4 is 10.1 Å². The van der Waals surface area contributed by atoms with Crippen molar-refractivity contribution >= 4 is 17.5 Å². The fraction of sp³-hybridized carbons (Fsp3) is 0.464. The first-order chi connectivity index (χ1) is 19.9. The smallest absolute Gasteiger partial charge is 0.416 e. The number of tetrazole rings is 1. The highest BCUT2D eigenvalue weighted by Gasteiger charge is 2.32. The minimum absolute atomic E-state index is 0.00276. The maximum atomic E-state index is 13.4. The molecule has 2 heterocycles. The number of alkyl halides is 3. The van der Waals surface area contributed by atoms with Gasteiger partial charge in [-0.2, -0.15) is 13.2 Å². The summed E-state index contributed by atoms with van der Waals surface area (Å²) in [6.45, 7) is 4.57. The molecule has 14 heteroatoms. The summed E-state index contributed by atoms with van der Waals surface area (Å²) in [5.41, 5.74) is 1.05. The van der Waals surface area contributed by atoms with Crippen LogP contribution >= 0.6 is 0 Å². The van der Waals surface area contributed by atoms with Crippen LogP contribution in [0.5, 0.6) is 5.75 Å². The molecular weight excluding hydrogens is 555 g/mol. The Hall–Kier alpha value is -4.04. The number of aliphatic hydroxyl groups excluding tert-OH is 1. The van der Waals surface area contributed by atoms with Gasteiger partial charge in [0, 0.05) is 36.8 Å². The summed E-state index contributed by atoms with van der Waals surface area (Å²) < 4.78 is 46.7. The van der Waals surface area contributed by atoms with E-state index in [1.54, 1.807) is 30.0 Å². The van der Waals surface area contributed by atoms with Crippen molar-refractivity contribution < 1.29 is 32.6 Å². The van der Waals surface area contributed by atoms with Gasteiger partial charge in [0.25, 0.3) is 0 Å². The van der Waals surface area contributed by atoms with Crippen LogP contribution in [-0.2, 0) is 35.3 Å². The van der Waals surface area contributed by atoms with Crippen LogP contribution in [0.3, 0.4) is 0 Å². The fourth-order valence-electron chi connectivity index (χ4n) is 4.81. The number of likely N-dealkylation sites (N-methyl/N-ethyl adjacent to an activating group) is 1. The number of aliphatic hydroxyl groups is 1. The quantitative estimate of drug-likeness (QED) is 0.390. The maximum absolute atomic E-state index is 13.4. The van der Waals surface area contributed by atoms with Gasteiger partial charge < -0.3 is 20.1 Å². The lowest BCUT2D eigenvalue weighted by molar-refractivity contribution is -0.137. The Balaban J connectivity index is 1.54. The molecule has 0 saturated carbocycles. The number of ether oxygens (including phenoxy) is 1. The van der Waals surface area contributed by atoms with E-state index in [1.165, 1.54) is 23.1 Å². The van der Waals surface area contributed by atoms with Crippen molar-refractivity contribution in [2.45, 2.75) is 51.7 Å². The zero-order valence-corrected chi connectivity index (χ0v) is 23.6. The number of amides is 2. The topological polar surface area (TPSA) is 126 Å². The number of benzene rings is 2. The minimum Gasteiger partial charge on any atom is -0.488 e. The van der Waals surface area contributed by atoms with Crippen LogP contribution in [0.4, 0.5) is 18.9 Å². The van der Waals surface area contributed by atoms with Gasteiger partial charge in [0.15, 0.2) is 0 Å². The number of nitrogens with zero attached hydrogens (tertiary/aromatic N) is 6. The average Bonchev–Trinajstić information content (AvgIpc) is 3.45. The number of rotatable bonds is 9. The molecule has 0 unspecified atom stereocenters. The van der Waals surface area contributed by atoms with Crippen molar-refractivity contribution in [1.29, 1.82) is 0 Å². The molecule has 0 aliphatic carbocycles. The molecule has 2 aromatic carbocycles. The molecule has 2 N–H and O–H groups in total. The van der Waals surface area contributed by atoms with Gasteiger partial charge in [0.05, 0.1) is 24.6 Å². The molecule has 226 valence electrons. The number of aromatic nitrogens is 4. The molecule has 0 saturated heterocycles. The molecule has 0 fully saturated rings. The standard InChI is InChI=1S/C28H34F3N7O4/c1-18-12-38(19(2)16-39)27(41)11-21-10-23(33-26(40)15-37-17-32-34-35-37)8-9-24(21)42-25(18)14-36(3)13-20-4-6-22(7-5-20)28(29,30)31/h4-10,17-19,25,39H,11-16H2,1-3H3,(H,33,40)/t18-,19+,25-/m0/s1. The lowest BCUT2D eigenvalue weighted by Crippen LogP contribution is -2.47. The SMILES string of the molecule is C[C@H](CO)N1C[C@H](C)[C@H](CN(C)Cc2ccc(C(F)(F)F)cc2)Oc2ccc(NC(=O)Cn3cnnn3)cc2CC1=O. The zero-order valence-electron chi connectivity index (χ0n) is 23.6. The van der Waals surface area contributed by atoms with Crippen LogP contribution in [0.15, 0.2) is 48.8 Å². The van der Waals surface area contributed by atoms with Gasteiger partial charge in [-0.3, -0.25) is 14.5 Å². The Morgan fingerprint density at radius 3 is 2.62 bits per heavy atom. The molecule has 0 radical (unpaired) electrons. The Morgan fingerprint density at radius 2 is 1.98 bits per heavy atom. The van der Waals surface area contributed by atoms with Crippen molar-refractivity contribution in [2.24, 2.45) is 5.92 Å². The molecule has 0 spiro atoms. The highest BCUT2D eigenvalue weighted by Crippen LogP contribution is 2.31. The lowest BCUT2D eigenvalue weighted by atomic mass is 10.0. The number of carbonyl (C=O) groups excluding carboxylic acids is 2. The van der Waals surface area contributed by atoms with Crippen molar-refractivity contribution in [2.75, 3.05) is 32.1 Å². The largest absolute Gasteiger partial charge is 0.488 e. The Labute approximate surface area is 241 Å². The Kier molecular flexibility index (Phi) is 9.78. The zero-order chi connectivity index (χ0) is 30.4. The van der Waals surface area contributed by atoms with Crippen molar-refractivity contribution in [3.05, 3.63) is 65.5 Å². The summed E-state index contributed by atoms with van der Waals surface area (Å²) in [7, 11) is 1.85. The van der Waals surface area contributed by atoms with Crippen LogP contribution in [0.2, 0.25) is 0 Å². The number of halogens is 3. The number of carbonyl (C=O) groups is 2. The van der Waals surface area contributed by atoms with E-state index in [1.807, 2.05) is 18.9 Å². The molecule has 11 nitrogen and oxygen atoms in total. The number of hydrogen-bond donors (Lipinski definition) is 2. The van der Waals surface area contributed by atoms with E-state index < -0.39 is 23.9 Å². The van der Waals surface area contributed by atoms with Gasteiger partial charge in [-0.15, -0.1) is 5.10 Å². The third-order valence-corrected chi connectivity index (χ3v) is 7.12. The third kappa shape index (κ3) is 8.03. The first kappa shape index (κ1) is 30.9. The molecular formula is C28H34F3N7O4. The second kappa shape index (κ2) is 13.3. The van der Waals surface area contributed by atoms with Gasteiger partial charge in [0.2, 0.25) is 11.8 Å². The monoisotopic (exact) mass is 589 g/mol. The van der Waals surface area contributed by atoms with E-state index in [-0.39, 0.29) is 37.3 Å². The van der Waals surface area contributed by atoms with E-state index in [0.29, 0.717) is 36.6 Å². The summed E-state index contributed by atoms with van der Waals surface area (Å²) in [4.78, 5) is 29.5. The van der Waals surface area contributed by atoms with Gasteiger partial charge in [-0.05, 0) is 60.3 Å². The van der Waals surface area contributed by atoms with Crippen molar-refractivity contribution in [3.63, 3.8) is 0 Å². The van der Waals surface area contributed by atoms with E-state index >= 15 is 0 Å². The third-order valence-electron chi connectivity index (χ3n) is 7.12. The van der Waals surface area contributed by atoms with Crippen LogP contribution in [0.1, 0.15) is 30.5 Å². The van der Waals surface area contributed by atoms with Crippen LogP contribution in [0.25, 0.3) is 0 Å². The highest BCUT2D eigenvalue weighted by atomic mass is 19.4. The number of nitrogens with one attached hydrogen (secondary N) is 1. The molecule has 3 atom stereocenters. The molecule has 4 rings (SSSR count). The summed E-state index contributed by atoms with van der Waals surface area (Å²) in [5.74, 6) is -0.214. The van der Waals surface area contributed by atoms with Gasteiger partial charge >= 0.3 is 6.18 Å². The second-order valence-corrected chi connectivity index (χ2v) is 10.7. The molecule has 2 amide bonds. The summed E-state index contributed by atoms with van der Waals surface area (Å²) in [6.07, 6.45) is -3.48. The maximum Gasteiger partial charge on any atom is 0.416 e. The normalized spacial score (nSPS) is 18.5. The first-order valence-corrected chi connectivity index (χ1v) is 13.5. The molecule has 1 aliphatic heterocycles. The van der Waals surface area contributed by atoms with Gasteiger partial charge in [-0.1, -0.05) is 19.1 Å². The van der Waals surface area contributed by atoms with Crippen molar-refractivity contribution in [1.82, 2.24) is 30.0 Å². The summed E-state index contributed by atoms with van der Waals surface area (Å²) in [6, 6.07) is 9.70. The molecule has 0 bridgehead atoms. The number of hydrogen-bond acceptors (Lipinski definition) is 8. The molecule has 42 heavy (non-hydrogen) atoms. The predicted octanol–water partition coefficient (Wildman–Crippen LogP) is 2.61. The lowest BCUT2D eigenvalue weighted by Gasteiger charge is -2.34. The van der Waals surface area contributed by atoms with E-state index in [2.05, 4.69) is 20.8 Å². The fourth-order valence-corrected chi connectivity index (χ4v) is 4.81. The predicted molar refractivity (Wildman–Crippen MR) is 146 cm³/mol. The Bertz CT molecular complexity index is 1350. The van der Waals surface area contributed by atoms with E-state index in [0.717, 1.165) is 17.7 Å². The minimum atomic E-state index is -4.40. The number of fused-ring (bicyclic) bond motifs is 1. The highest BCUT2D eigenvalue weighted by molar-refractivity contribution is 5.91. The molecule has 1 aliphatic rings. The van der Waals surface area contributed by atoms with Crippen LogP contribution in [-0.4, -0.2) is 85.8 Å². The van der Waals surface area contributed by atoms with Gasteiger partial charge in [0.1, 0.15) is 24.7 Å².